The van der Waals surface area contributed by atoms with Crippen LogP contribution in [0, 0.1) is 20.2 Å². The Hall–Kier alpha value is -3.62. The molecule has 2 aromatic carbocycles. The maximum atomic E-state index is 11.3. The third kappa shape index (κ3) is 2.71. The van der Waals surface area contributed by atoms with Crippen molar-refractivity contribution in [1.29, 1.82) is 0 Å². The highest BCUT2D eigenvalue weighted by Gasteiger charge is 2.22. The number of non-ortho nitro benzene ring substituents is 2. The Kier molecular flexibility index (Phi) is 3.97. The van der Waals surface area contributed by atoms with Gasteiger partial charge in [-0.2, -0.15) is 0 Å². The molecule has 0 saturated heterocycles. The molecule has 0 aliphatic carbocycles. The molecule has 1 N–H and O–H groups in total. The number of nitro benzene ring substituents is 2. The quantitative estimate of drug-likeness (QED) is 0.557. The van der Waals surface area contributed by atoms with Crippen molar-refractivity contribution >= 4 is 22.3 Å². The van der Waals surface area contributed by atoms with Gasteiger partial charge < -0.3 is 14.5 Å². The van der Waals surface area contributed by atoms with Crippen molar-refractivity contribution in [3.8, 4) is 22.8 Å². The lowest BCUT2D eigenvalue weighted by Crippen LogP contribution is -1.93. The van der Waals surface area contributed by atoms with Crippen LogP contribution in [0.5, 0.6) is 11.5 Å². The number of nitrogens with zero attached hydrogens (tertiary/aromatic N) is 2. The van der Waals surface area contributed by atoms with E-state index in [0.29, 0.717) is 28.3 Å². The first-order valence-electron chi connectivity index (χ1n) is 7.13. The molecule has 0 amide bonds. The van der Waals surface area contributed by atoms with Crippen LogP contribution in [0.15, 0.2) is 36.4 Å². The van der Waals surface area contributed by atoms with E-state index in [1.54, 1.807) is 24.3 Å². The zero-order valence-corrected chi connectivity index (χ0v) is 13.3. The number of benzene rings is 2. The molecule has 0 fully saturated rings. The molecule has 0 aliphatic heterocycles. The number of H-pyrrole nitrogens is 1. The van der Waals surface area contributed by atoms with E-state index in [9.17, 15) is 20.2 Å². The summed E-state index contributed by atoms with van der Waals surface area (Å²) in [6.45, 7) is 0. The van der Waals surface area contributed by atoms with Gasteiger partial charge in [0.15, 0.2) is 11.5 Å². The number of nitro groups is 2. The number of hydrogen-bond donors (Lipinski definition) is 1. The number of fused-ring (bicyclic) bond motifs is 1. The first kappa shape index (κ1) is 16.2. The predicted octanol–water partition coefficient (Wildman–Crippen LogP) is 3.67. The minimum atomic E-state index is -0.668. The summed E-state index contributed by atoms with van der Waals surface area (Å²) in [5.41, 5.74) is 0.740. The third-order valence-electron chi connectivity index (χ3n) is 3.80. The summed E-state index contributed by atoms with van der Waals surface area (Å²) >= 11 is 0. The number of methoxy groups -OCH3 is 2. The lowest BCUT2D eigenvalue weighted by molar-refractivity contribution is -0.393. The molecule has 128 valence electrons. The van der Waals surface area contributed by atoms with Crippen LogP contribution in [0.25, 0.3) is 22.2 Å². The van der Waals surface area contributed by atoms with Gasteiger partial charge in [-0.1, -0.05) is 6.07 Å². The summed E-state index contributed by atoms with van der Waals surface area (Å²) in [7, 11) is 2.98. The number of rotatable bonds is 5. The molecule has 0 radical (unpaired) electrons. The average molecular weight is 343 g/mol. The standard InChI is InChI=1S/C16H13N3O6/c1-24-15-5-3-4-10(16(15)25-2)13-8-11-12(17-13)6-9(18(20)21)7-14(11)19(22)23/h3-8,17H,1-2H3. The summed E-state index contributed by atoms with van der Waals surface area (Å²) in [4.78, 5) is 24.0. The Bertz CT molecular complexity index is 995. The van der Waals surface area contributed by atoms with E-state index in [1.807, 2.05) is 0 Å². The van der Waals surface area contributed by atoms with Gasteiger partial charge in [0.25, 0.3) is 11.4 Å². The fourth-order valence-electron chi connectivity index (χ4n) is 2.70. The van der Waals surface area contributed by atoms with Gasteiger partial charge in [0.05, 0.1) is 46.7 Å². The van der Waals surface area contributed by atoms with Crippen LogP contribution in [-0.4, -0.2) is 29.1 Å². The van der Waals surface area contributed by atoms with Gasteiger partial charge in [-0.15, -0.1) is 0 Å². The van der Waals surface area contributed by atoms with Crippen molar-refractivity contribution in [2.45, 2.75) is 0 Å². The van der Waals surface area contributed by atoms with Gasteiger partial charge in [-0.25, -0.2) is 0 Å². The van der Waals surface area contributed by atoms with Crippen molar-refractivity contribution < 1.29 is 19.3 Å². The minimum Gasteiger partial charge on any atom is -0.493 e. The highest BCUT2D eigenvalue weighted by atomic mass is 16.6. The molecule has 0 atom stereocenters. The molecule has 9 nitrogen and oxygen atoms in total. The Labute approximate surface area is 141 Å². The normalized spacial score (nSPS) is 10.6. The van der Waals surface area contributed by atoms with E-state index < -0.39 is 9.85 Å². The molecule has 0 spiro atoms. The molecule has 0 saturated carbocycles. The van der Waals surface area contributed by atoms with Gasteiger partial charge in [0.1, 0.15) is 0 Å². The molecule has 0 bridgehead atoms. The van der Waals surface area contributed by atoms with Crippen molar-refractivity contribution in [2.24, 2.45) is 0 Å². The second-order valence-corrected chi connectivity index (χ2v) is 5.16. The largest absolute Gasteiger partial charge is 0.493 e. The first-order chi connectivity index (χ1) is 12.0. The summed E-state index contributed by atoms with van der Waals surface area (Å²) < 4.78 is 10.6. The summed E-state index contributed by atoms with van der Waals surface area (Å²) in [5.74, 6) is 0.952. The monoisotopic (exact) mass is 343 g/mol. The van der Waals surface area contributed by atoms with Crippen LogP contribution in [-0.2, 0) is 0 Å². The lowest BCUT2D eigenvalue weighted by Gasteiger charge is -2.11. The van der Waals surface area contributed by atoms with E-state index in [-0.39, 0.29) is 16.8 Å². The maximum absolute atomic E-state index is 11.3. The summed E-state index contributed by atoms with van der Waals surface area (Å²) in [6, 6.07) is 9.00. The Morgan fingerprint density at radius 3 is 2.36 bits per heavy atom. The highest BCUT2D eigenvalue weighted by molar-refractivity contribution is 5.95. The number of nitrogens with one attached hydrogen (secondary N) is 1. The first-order valence-corrected chi connectivity index (χ1v) is 7.13. The van der Waals surface area contributed by atoms with Crippen LogP contribution in [0.2, 0.25) is 0 Å². The Morgan fingerprint density at radius 1 is 1.00 bits per heavy atom. The molecular weight excluding hydrogens is 330 g/mol. The van der Waals surface area contributed by atoms with Gasteiger partial charge in [-0.05, 0) is 18.2 Å². The second-order valence-electron chi connectivity index (χ2n) is 5.16. The number of ether oxygens (including phenoxy) is 2. The lowest BCUT2D eigenvalue weighted by atomic mass is 10.1. The van der Waals surface area contributed by atoms with Crippen molar-refractivity contribution in [3.63, 3.8) is 0 Å². The molecular formula is C16H13N3O6. The molecule has 1 heterocycles. The average Bonchev–Trinajstić information content (AvgIpc) is 3.03. The second kappa shape index (κ2) is 6.11. The van der Waals surface area contributed by atoms with E-state index >= 15 is 0 Å². The van der Waals surface area contributed by atoms with Crippen LogP contribution in [0.3, 0.4) is 0 Å². The van der Waals surface area contributed by atoms with Gasteiger partial charge in [-0.3, -0.25) is 20.2 Å². The summed E-state index contributed by atoms with van der Waals surface area (Å²) in [6.07, 6.45) is 0. The predicted molar refractivity (Wildman–Crippen MR) is 90.1 cm³/mol. The smallest absolute Gasteiger partial charge is 0.285 e. The number of hydrogen-bond acceptors (Lipinski definition) is 6. The number of aromatic amines is 1. The number of aromatic nitrogens is 1. The molecule has 3 aromatic rings. The van der Waals surface area contributed by atoms with E-state index in [4.69, 9.17) is 9.47 Å². The topological polar surface area (TPSA) is 121 Å². The van der Waals surface area contributed by atoms with E-state index in [2.05, 4.69) is 4.98 Å². The Morgan fingerprint density at radius 2 is 1.76 bits per heavy atom. The zero-order valence-electron chi connectivity index (χ0n) is 13.3. The van der Waals surface area contributed by atoms with Gasteiger partial charge in [0, 0.05) is 11.6 Å². The minimum absolute atomic E-state index is 0.274. The van der Waals surface area contributed by atoms with Crippen LogP contribution < -0.4 is 9.47 Å². The van der Waals surface area contributed by atoms with E-state index in [0.717, 1.165) is 6.07 Å². The molecule has 9 heteroatoms. The van der Waals surface area contributed by atoms with Crippen molar-refractivity contribution in [1.82, 2.24) is 4.98 Å². The van der Waals surface area contributed by atoms with Crippen molar-refractivity contribution in [2.75, 3.05) is 14.2 Å². The molecule has 1 aromatic heterocycles. The van der Waals surface area contributed by atoms with Gasteiger partial charge >= 0.3 is 0 Å². The third-order valence-corrected chi connectivity index (χ3v) is 3.80. The summed E-state index contributed by atoms with van der Waals surface area (Å²) in [5, 5.41) is 22.6. The molecule has 0 unspecified atom stereocenters. The SMILES string of the molecule is COc1cccc(-c2cc3c([N+](=O)[O-])cc([N+](=O)[O-])cc3[nH]2)c1OC. The van der Waals surface area contributed by atoms with E-state index in [1.165, 1.54) is 20.3 Å². The van der Waals surface area contributed by atoms with Gasteiger partial charge in [0.2, 0.25) is 0 Å². The molecule has 25 heavy (non-hydrogen) atoms. The number of para-hydroxylation sites is 1. The van der Waals surface area contributed by atoms with Crippen LogP contribution >= 0.6 is 0 Å². The van der Waals surface area contributed by atoms with Crippen LogP contribution in [0.1, 0.15) is 0 Å². The van der Waals surface area contributed by atoms with Crippen molar-refractivity contribution in [3.05, 3.63) is 56.6 Å². The fourth-order valence-corrected chi connectivity index (χ4v) is 2.70. The Balaban J connectivity index is 2.28. The highest BCUT2D eigenvalue weighted by Crippen LogP contribution is 2.40. The molecule has 0 aliphatic rings. The maximum Gasteiger partial charge on any atom is 0.285 e. The molecule has 3 rings (SSSR count). The zero-order chi connectivity index (χ0) is 18.1. The fraction of sp³-hybridized carbons (Fsp3) is 0.125. The van der Waals surface area contributed by atoms with Crippen LogP contribution in [0.4, 0.5) is 11.4 Å².